The number of hydrogen-bond acceptors (Lipinski definition) is 5. The Balaban J connectivity index is 1.54. The van der Waals surface area contributed by atoms with E-state index >= 15 is 0 Å². The van der Waals surface area contributed by atoms with Crippen molar-refractivity contribution in [3.8, 4) is 17.3 Å². The lowest BCUT2D eigenvalue weighted by atomic mass is 10.2. The van der Waals surface area contributed by atoms with Crippen LogP contribution in [0, 0.1) is 0 Å². The number of aromatic nitrogens is 5. The number of imidazole rings is 1. The maximum absolute atomic E-state index is 13.1. The zero-order chi connectivity index (χ0) is 20.5. The fourth-order valence-electron chi connectivity index (χ4n) is 3.90. The van der Waals surface area contributed by atoms with E-state index in [0.717, 1.165) is 42.9 Å². The van der Waals surface area contributed by atoms with E-state index in [2.05, 4.69) is 10.1 Å². The van der Waals surface area contributed by atoms with Crippen molar-refractivity contribution in [3.63, 3.8) is 0 Å². The fraction of sp³-hybridized carbons (Fsp3) is 0.273. The third-order valence-electron chi connectivity index (χ3n) is 5.48. The molecule has 0 spiro atoms. The number of nitrogens with zero attached hydrogens (tertiary/aromatic N) is 6. The molecule has 0 bridgehead atoms. The van der Waals surface area contributed by atoms with E-state index in [0.29, 0.717) is 23.6 Å². The van der Waals surface area contributed by atoms with Crippen molar-refractivity contribution in [2.24, 2.45) is 0 Å². The summed E-state index contributed by atoms with van der Waals surface area (Å²) in [5.74, 6) is 1.46. The van der Waals surface area contributed by atoms with Crippen LogP contribution in [0.3, 0.4) is 0 Å². The van der Waals surface area contributed by atoms with Crippen LogP contribution in [0.5, 0.6) is 5.75 Å². The number of amides is 1. The van der Waals surface area contributed by atoms with Crippen molar-refractivity contribution in [1.82, 2.24) is 29.0 Å². The molecule has 152 valence electrons. The molecule has 5 rings (SSSR count). The van der Waals surface area contributed by atoms with Gasteiger partial charge in [0.1, 0.15) is 11.4 Å². The molecule has 30 heavy (non-hydrogen) atoms. The molecule has 1 aromatic carbocycles. The molecule has 1 fully saturated rings. The van der Waals surface area contributed by atoms with Gasteiger partial charge in [-0.05, 0) is 36.6 Å². The molecule has 1 amide bonds. The second-order valence-corrected chi connectivity index (χ2v) is 7.34. The van der Waals surface area contributed by atoms with Crippen LogP contribution in [0.4, 0.5) is 0 Å². The molecule has 0 unspecified atom stereocenters. The zero-order valence-corrected chi connectivity index (χ0v) is 16.7. The van der Waals surface area contributed by atoms with Crippen molar-refractivity contribution < 1.29 is 9.53 Å². The Labute approximate surface area is 173 Å². The predicted molar refractivity (Wildman–Crippen MR) is 111 cm³/mol. The minimum atomic E-state index is -0.0366. The molecule has 1 saturated heterocycles. The topological polar surface area (TPSA) is 77.5 Å². The zero-order valence-electron chi connectivity index (χ0n) is 16.7. The monoisotopic (exact) mass is 402 g/mol. The molecule has 0 radical (unpaired) electrons. The number of hydrogen-bond donors (Lipinski definition) is 0. The number of carbonyl (C=O) groups excluding carboxylic acids is 1. The van der Waals surface area contributed by atoms with Crippen molar-refractivity contribution in [2.45, 2.75) is 19.4 Å². The van der Waals surface area contributed by atoms with Gasteiger partial charge in [-0.3, -0.25) is 18.9 Å². The van der Waals surface area contributed by atoms with Crippen LogP contribution in [0.2, 0.25) is 0 Å². The van der Waals surface area contributed by atoms with Gasteiger partial charge in [0.2, 0.25) is 0 Å². The molecule has 0 N–H and O–H groups in total. The van der Waals surface area contributed by atoms with Gasteiger partial charge < -0.3 is 9.64 Å². The second-order valence-electron chi connectivity index (χ2n) is 7.34. The van der Waals surface area contributed by atoms with Gasteiger partial charge in [-0.15, -0.1) is 0 Å². The molecule has 0 aliphatic carbocycles. The Bertz CT molecular complexity index is 1190. The Morgan fingerprint density at radius 3 is 2.67 bits per heavy atom. The van der Waals surface area contributed by atoms with Crippen LogP contribution in [-0.2, 0) is 6.54 Å². The SMILES string of the molecule is COc1ccc(Cn2nccc2-c2nc(C(=O)N3CCCC3)c3cnccn23)cc1. The molecule has 1 aliphatic heterocycles. The Kier molecular flexibility index (Phi) is 4.66. The minimum absolute atomic E-state index is 0.0366. The molecule has 0 saturated carbocycles. The summed E-state index contributed by atoms with van der Waals surface area (Å²) in [7, 11) is 1.65. The van der Waals surface area contributed by atoms with Crippen LogP contribution < -0.4 is 4.74 Å². The Morgan fingerprint density at radius 1 is 1.10 bits per heavy atom. The van der Waals surface area contributed by atoms with Crippen molar-refractivity contribution in [3.05, 3.63) is 66.4 Å². The summed E-state index contributed by atoms with van der Waals surface area (Å²) in [5, 5.41) is 4.49. The lowest BCUT2D eigenvalue weighted by molar-refractivity contribution is 0.0789. The molecule has 4 aromatic rings. The summed E-state index contributed by atoms with van der Waals surface area (Å²) in [4.78, 5) is 23.9. The molecule has 3 aromatic heterocycles. The van der Waals surface area contributed by atoms with Gasteiger partial charge in [0, 0.05) is 31.7 Å². The number of methoxy groups -OCH3 is 1. The highest BCUT2D eigenvalue weighted by Gasteiger charge is 2.26. The first-order chi connectivity index (χ1) is 14.7. The number of fused-ring (bicyclic) bond motifs is 1. The molecule has 8 heteroatoms. The maximum atomic E-state index is 13.1. The first-order valence-corrected chi connectivity index (χ1v) is 10.0. The minimum Gasteiger partial charge on any atom is -0.497 e. The number of likely N-dealkylation sites (tertiary alicyclic amines) is 1. The van der Waals surface area contributed by atoms with Gasteiger partial charge in [0.05, 0.1) is 25.4 Å². The van der Waals surface area contributed by atoms with Gasteiger partial charge in [-0.25, -0.2) is 4.98 Å². The summed E-state index contributed by atoms with van der Waals surface area (Å²) < 4.78 is 9.04. The summed E-state index contributed by atoms with van der Waals surface area (Å²) in [6.07, 6.45) is 9.07. The average Bonchev–Trinajstić information content (AvgIpc) is 3.54. The first kappa shape index (κ1) is 18.4. The van der Waals surface area contributed by atoms with Gasteiger partial charge in [0.15, 0.2) is 11.5 Å². The van der Waals surface area contributed by atoms with Gasteiger partial charge in [-0.1, -0.05) is 12.1 Å². The van der Waals surface area contributed by atoms with Gasteiger partial charge in [0.25, 0.3) is 5.91 Å². The average molecular weight is 402 g/mol. The molecule has 0 atom stereocenters. The highest BCUT2D eigenvalue weighted by Crippen LogP contribution is 2.25. The van der Waals surface area contributed by atoms with E-state index in [4.69, 9.17) is 9.72 Å². The summed E-state index contributed by atoms with van der Waals surface area (Å²) in [6.45, 7) is 2.15. The lowest BCUT2D eigenvalue weighted by Crippen LogP contribution is -2.28. The van der Waals surface area contributed by atoms with Crippen LogP contribution in [0.25, 0.3) is 17.0 Å². The number of carbonyl (C=O) groups is 1. The normalized spacial score (nSPS) is 13.8. The third kappa shape index (κ3) is 3.20. The quantitative estimate of drug-likeness (QED) is 0.513. The lowest BCUT2D eigenvalue weighted by Gasteiger charge is -2.13. The summed E-state index contributed by atoms with van der Waals surface area (Å²) in [6, 6.07) is 9.81. The molecular weight excluding hydrogens is 380 g/mol. The smallest absolute Gasteiger partial charge is 0.274 e. The molecular formula is C22H22N6O2. The highest BCUT2D eigenvalue weighted by atomic mass is 16.5. The fourth-order valence-corrected chi connectivity index (χ4v) is 3.90. The van der Waals surface area contributed by atoms with E-state index < -0.39 is 0 Å². The van der Waals surface area contributed by atoms with Crippen molar-refractivity contribution >= 4 is 11.4 Å². The highest BCUT2D eigenvalue weighted by molar-refractivity contribution is 6.00. The van der Waals surface area contributed by atoms with Gasteiger partial charge >= 0.3 is 0 Å². The van der Waals surface area contributed by atoms with E-state index in [-0.39, 0.29) is 5.91 Å². The molecule has 1 aliphatic rings. The third-order valence-corrected chi connectivity index (χ3v) is 5.48. The second kappa shape index (κ2) is 7.62. The van der Waals surface area contributed by atoms with Crippen LogP contribution in [0.1, 0.15) is 28.9 Å². The first-order valence-electron chi connectivity index (χ1n) is 10.0. The van der Waals surface area contributed by atoms with E-state index in [1.165, 1.54) is 0 Å². The Morgan fingerprint density at radius 2 is 1.90 bits per heavy atom. The number of benzene rings is 1. The number of ether oxygens (including phenoxy) is 1. The van der Waals surface area contributed by atoms with Crippen LogP contribution >= 0.6 is 0 Å². The predicted octanol–water partition coefficient (Wildman–Crippen LogP) is 2.89. The van der Waals surface area contributed by atoms with Gasteiger partial charge in [-0.2, -0.15) is 5.10 Å². The van der Waals surface area contributed by atoms with Crippen LogP contribution in [0.15, 0.2) is 55.1 Å². The Hall–Kier alpha value is -3.68. The number of rotatable bonds is 5. The largest absolute Gasteiger partial charge is 0.497 e. The molecule has 8 nitrogen and oxygen atoms in total. The van der Waals surface area contributed by atoms with E-state index in [9.17, 15) is 4.79 Å². The van der Waals surface area contributed by atoms with E-state index in [1.54, 1.807) is 25.7 Å². The standard InChI is InChI=1S/C22H22N6O2/c1-30-17-6-4-16(5-7-17)15-28-18(8-9-24-28)21-25-20(19-14-23-10-13-27(19)21)22(29)26-11-2-3-12-26/h4-10,13-14H,2-3,11-12,15H2,1H3. The maximum Gasteiger partial charge on any atom is 0.274 e. The summed E-state index contributed by atoms with van der Waals surface area (Å²) in [5.41, 5.74) is 3.09. The van der Waals surface area contributed by atoms with Crippen LogP contribution in [-0.4, -0.2) is 55.2 Å². The van der Waals surface area contributed by atoms with E-state index in [1.807, 2.05) is 50.5 Å². The van der Waals surface area contributed by atoms with Crippen molar-refractivity contribution in [1.29, 1.82) is 0 Å². The van der Waals surface area contributed by atoms with Crippen molar-refractivity contribution in [2.75, 3.05) is 20.2 Å². The summed E-state index contributed by atoms with van der Waals surface area (Å²) >= 11 is 0. The molecule has 4 heterocycles.